The number of aromatic nitrogens is 1. The molecule has 2 aliphatic heterocycles. The zero-order valence-electron chi connectivity index (χ0n) is 16.3. The van der Waals surface area contributed by atoms with Crippen LogP contribution < -0.4 is 5.32 Å². The van der Waals surface area contributed by atoms with Crippen LogP contribution in [0, 0.1) is 5.92 Å². The van der Waals surface area contributed by atoms with E-state index in [2.05, 4.69) is 5.32 Å². The first-order valence-electron chi connectivity index (χ1n) is 9.70. The fourth-order valence-electron chi connectivity index (χ4n) is 4.78. The van der Waals surface area contributed by atoms with Gasteiger partial charge in [0.25, 0.3) is 5.91 Å². The van der Waals surface area contributed by atoms with Crippen LogP contribution in [0.15, 0.2) is 65.0 Å². The minimum Gasteiger partial charge on any atom is -0.350 e. The van der Waals surface area contributed by atoms with E-state index in [1.807, 2.05) is 48.2 Å². The summed E-state index contributed by atoms with van der Waals surface area (Å²) < 4.78 is 1.99. The first kappa shape index (κ1) is 17.8. The molecule has 29 heavy (non-hydrogen) atoms. The van der Waals surface area contributed by atoms with E-state index in [1.165, 1.54) is 0 Å². The molecule has 0 spiro atoms. The number of benzene rings is 1. The molecule has 0 radical (unpaired) electrons. The average Bonchev–Trinajstić information content (AvgIpc) is 3.42. The number of carbonyl (C=O) groups is 3. The third-order valence-corrected chi connectivity index (χ3v) is 6.18. The van der Waals surface area contributed by atoms with Gasteiger partial charge in [0.05, 0.1) is 17.4 Å². The number of rotatable bonds is 3. The van der Waals surface area contributed by atoms with Crippen molar-refractivity contribution in [2.75, 3.05) is 20.1 Å². The van der Waals surface area contributed by atoms with Gasteiger partial charge in [0.15, 0.2) is 5.78 Å². The number of likely N-dealkylation sites (N-methyl/N-ethyl adjacent to an activating group) is 1. The van der Waals surface area contributed by atoms with Crippen molar-refractivity contribution in [1.29, 1.82) is 0 Å². The Hall–Kier alpha value is -3.25. The van der Waals surface area contributed by atoms with Gasteiger partial charge in [-0.1, -0.05) is 24.3 Å². The van der Waals surface area contributed by atoms with E-state index in [0.29, 0.717) is 30.6 Å². The molecule has 146 valence electrons. The Kier molecular flexibility index (Phi) is 3.93. The average molecular weight is 387 g/mol. The van der Waals surface area contributed by atoms with E-state index in [0.717, 1.165) is 27.6 Å². The quantitative estimate of drug-likeness (QED) is 0.645. The van der Waals surface area contributed by atoms with Crippen LogP contribution in [0.25, 0.3) is 10.9 Å². The molecule has 6 nitrogen and oxygen atoms in total. The van der Waals surface area contributed by atoms with Crippen LogP contribution in [-0.4, -0.2) is 47.6 Å². The summed E-state index contributed by atoms with van der Waals surface area (Å²) >= 11 is 0. The largest absolute Gasteiger partial charge is 0.350 e. The molecule has 1 aromatic heterocycles. The number of nitrogens with zero attached hydrogens (tertiary/aromatic N) is 2. The number of nitrogens with one attached hydrogen (secondary N) is 1. The van der Waals surface area contributed by atoms with Crippen molar-refractivity contribution in [1.82, 2.24) is 14.8 Å². The molecular weight excluding hydrogens is 366 g/mol. The molecule has 0 saturated heterocycles. The van der Waals surface area contributed by atoms with Gasteiger partial charge >= 0.3 is 0 Å². The van der Waals surface area contributed by atoms with Crippen molar-refractivity contribution < 1.29 is 14.4 Å². The van der Waals surface area contributed by atoms with Gasteiger partial charge in [0.1, 0.15) is 6.29 Å². The molecule has 2 aromatic rings. The lowest BCUT2D eigenvalue weighted by Gasteiger charge is -2.28. The van der Waals surface area contributed by atoms with Crippen LogP contribution in [0.5, 0.6) is 0 Å². The highest BCUT2D eigenvalue weighted by Crippen LogP contribution is 2.47. The molecule has 3 heterocycles. The molecule has 1 aliphatic carbocycles. The van der Waals surface area contributed by atoms with Crippen molar-refractivity contribution in [2.45, 2.75) is 5.92 Å². The van der Waals surface area contributed by atoms with Crippen LogP contribution in [0.2, 0.25) is 0 Å². The first-order valence-corrected chi connectivity index (χ1v) is 9.70. The Morgan fingerprint density at radius 1 is 1.17 bits per heavy atom. The zero-order chi connectivity index (χ0) is 20.3. The molecule has 3 aliphatic rings. The van der Waals surface area contributed by atoms with E-state index in [9.17, 15) is 14.4 Å². The topological polar surface area (TPSA) is 71.4 Å². The Morgan fingerprint density at radius 2 is 1.97 bits per heavy atom. The van der Waals surface area contributed by atoms with Crippen LogP contribution in [0.3, 0.4) is 0 Å². The van der Waals surface area contributed by atoms with Gasteiger partial charge < -0.3 is 19.6 Å². The minimum absolute atomic E-state index is 0.120. The highest BCUT2D eigenvalue weighted by molar-refractivity contribution is 6.12. The second kappa shape index (κ2) is 6.39. The van der Waals surface area contributed by atoms with Crippen LogP contribution in [-0.2, 0) is 21.4 Å². The third-order valence-electron chi connectivity index (χ3n) is 6.18. The molecule has 0 saturated carbocycles. The van der Waals surface area contributed by atoms with Crippen molar-refractivity contribution in [3.8, 4) is 0 Å². The van der Waals surface area contributed by atoms with Crippen LogP contribution in [0.4, 0.5) is 0 Å². The summed E-state index contributed by atoms with van der Waals surface area (Å²) in [6.45, 7) is 1.30. The fraction of sp³-hybridized carbons (Fsp3) is 0.261. The Bertz CT molecular complexity index is 1180. The lowest BCUT2D eigenvalue weighted by atomic mass is 9.75. The number of fused-ring (bicyclic) bond motifs is 2. The van der Waals surface area contributed by atoms with Gasteiger partial charge in [-0.3, -0.25) is 9.59 Å². The maximum Gasteiger partial charge on any atom is 0.258 e. The second-order valence-corrected chi connectivity index (χ2v) is 7.77. The zero-order valence-corrected chi connectivity index (χ0v) is 16.3. The maximum atomic E-state index is 13.4. The van der Waals surface area contributed by atoms with Gasteiger partial charge in [-0.2, -0.15) is 0 Å². The number of Topliss-reactive ketones (excluding diaryl/α,β-unsaturated/α-hetero) is 1. The highest BCUT2D eigenvalue weighted by Gasteiger charge is 2.46. The van der Waals surface area contributed by atoms with Crippen LogP contribution >= 0.6 is 0 Å². The first-order chi connectivity index (χ1) is 14.0. The molecule has 1 aromatic carbocycles. The van der Waals surface area contributed by atoms with Crippen LogP contribution in [0.1, 0.15) is 11.5 Å². The number of hydrogen-bond donors (Lipinski definition) is 1. The molecule has 0 fully saturated rings. The van der Waals surface area contributed by atoms with E-state index in [-0.39, 0.29) is 11.7 Å². The standard InChI is InChI=1S/C23H21N3O3/c1-25-11-16(15-5-3-4-6-17(15)25)20-21-18(9-14(12-27)22(20)28)26(2)23(29)19(21)13-7-8-24-10-13/h3-7,9,11-12,14,20,24H,8,10H2,1-2H3. The number of aryl methyl sites for hydroxylation is 1. The monoisotopic (exact) mass is 387 g/mol. The number of carbonyl (C=O) groups excluding carboxylic acids is 3. The summed E-state index contributed by atoms with van der Waals surface area (Å²) in [6, 6.07) is 7.90. The summed E-state index contributed by atoms with van der Waals surface area (Å²) in [5, 5.41) is 4.20. The fourth-order valence-corrected chi connectivity index (χ4v) is 4.78. The second-order valence-electron chi connectivity index (χ2n) is 7.77. The molecule has 6 heteroatoms. The smallest absolute Gasteiger partial charge is 0.258 e. The number of aldehydes is 1. The molecular formula is C23H21N3O3. The van der Waals surface area contributed by atoms with Crippen molar-refractivity contribution in [2.24, 2.45) is 13.0 Å². The van der Waals surface area contributed by atoms with Gasteiger partial charge in [0.2, 0.25) is 0 Å². The molecule has 2 atom stereocenters. The normalized spacial score (nSPS) is 24.3. The van der Waals surface area contributed by atoms with E-state index in [4.69, 9.17) is 0 Å². The SMILES string of the molecule is CN1C(=O)C(C2=CCNC2)=C2C1=CC(C=O)C(=O)C2c1cn(C)c2ccccc12. The number of para-hydroxylation sites is 1. The summed E-state index contributed by atoms with van der Waals surface area (Å²) in [6.07, 6.45) is 6.28. The minimum atomic E-state index is -0.858. The lowest BCUT2D eigenvalue weighted by molar-refractivity contribution is -0.127. The maximum absolute atomic E-state index is 13.4. The van der Waals surface area contributed by atoms with E-state index in [1.54, 1.807) is 18.0 Å². The number of hydrogen-bond acceptors (Lipinski definition) is 4. The summed E-state index contributed by atoms with van der Waals surface area (Å²) in [5.41, 5.74) is 4.77. The highest BCUT2D eigenvalue weighted by atomic mass is 16.2. The Labute approximate surface area is 168 Å². The predicted octanol–water partition coefficient (Wildman–Crippen LogP) is 1.84. The van der Waals surface area contributed by atoms with Gasteiger partial charge in [-0.25, -0.2) is 0 Å². The Morgan fingerprint density at radius 3 is 2.69 bits per heavy atom. The van der Waals surface area contributed by atoms with E-state index < -0.39 is 11.8 Å². The van der Waals surface area contributed by atoms with Gasteiger partial charge in [0, 0.05) is 55.6 Å². The molecule has 0 bridgehead atoms. The van der Waals surface area contributed by atoms with Gasteiger partial charge in [-0.15, -0.1) is 0 Å². The summed E-state index contributed by atoms with van der Waals surface area (Å²) in [5.74, 6) is -1.81. The number of amides is 1. The van der Waals surface area contributed by atoms with Crippen molar-refractivity contribution >= 4 is 28.9 Å². The van der Waals surface area contributed by atoms with Crippen molar-refractivity contribution in [3.05, 3.63) is 70.6 Å². The molecule has 2 unspecified atom stereocenters. The molecule has 1 amide bonds. The molecule has 1 N–H and O–H groups in total. The summed E-state index contributed by atoms with van der Waals surface area (Å²) in [4.78, 5) is 39.9. The number of allylic oxidation sites excluding steroid dienone is 2. The van der Waals surface area contributed by atoms with Crippen molar-refractivity contribution in [3.63, 3.8) is 0 Å². The number of ketones is 1. The predicted molar refractivity (Wildman–Crippen MR) is 109 cm³/mol. The summed E-state index contributed by atoms with van der Waals surface area (Å²) in [7, 11) is 3.65. The third kappa shape index (κ3) is 2.42. The van der Waals surface area contributed by atoms with Gasteiger partial charge in [-0.05, 0) is 23.3 Å². The Balaban J connectivity index is 1.83. The lowest BCUT2D eigenvalue weighted by Crippen LogP contribution is -2.31. The van der Waals surface area contributed by atoms with E-state index >= 15 is 0 Å². The molecule has 5 rings (SSSR count).